The van der Waals surface area contributed by atoms with Crippen LogP contribution in [0.25, 0.3) is 10.8 Å². The third kappa shape index (κ3) is 4.31. The summed E-state index contributed by atoms with van der Waals surface area (Å²) in [6.07, 6.45) is 0.206. The van der Waals surface area contributed by atoms with Crippen LogP contribution in [0.4, 0.5) is 0 Å². The molecule has 3 aromatic rings. The number of carbonyl (C=O) groups excluding carboxylic acids is 1. The molecule has 26 heavy (non-hydrogen) atoms. The minimum Gasteiger partial charge on any atom is -0.480 e. The molecule has 0 aliphatic carbocycles. The summed E-state index contributed by atoms with van der Waals surface area (Å²) >= 11 is 6.66. The zero-order valence-electron chi connectivity index (χ0n) is 13.6. The van der Waals surface area contributed by atoms with Crippen molar-refractivity contribution < 1.29 is 14.7 Å². The molecule has 0 saturated heterocycles. The maximum Gasteiger partial charge on any atom is 0.326 e. The first-order valence-electron chi connectivity index (χ1n) is 7.90. The van der Waals surface area contributed by atoms with E-state index in [0.717, 1.165) is 25.3 Å². The van der Waals surface area contributed by atoms with Crippen molar-refractivity contribution in [3.05, 3.63) is 80.7 Å². The lowest BCUT2D eigenvalue weighted by Crippen LogP contribution is -2.42. The lowest BCUT2D eigenvalue weighted by molar-refractivity contribution is -0.139. The van der Waals surface area contributed by atoms with Crippen molar-refractivity contribution in [2.24, 2.45) is 0 Å². The molecule has 3 rings (SSSR count). The minimum absolute atomic E-state index is 0.206. The van der Waals surface area contributed by atoms with Crippen molar-refractivity contribution in [1.82, 2.24) is 5.32 Å². The molecule has 1 amide bonds. The van der Waals surface area contributed by atoms with Crippen LogP contribution in [0.2, 0.25) is 0 Å². The molecule has 4 nitrogen and oxygen atoms in total. The highest BCUT2D eigenvalue weighted by Crippen LogP contribution is 2.22. The largest absolute Gasteiger partial charge is 0.480 e. The van der Waals surface area contributed by atoms with Gasteiger partial charge in [-0.1, -0.05) is 74.3 Å². The van der Waals surface area contributed by atoms with Gasteiger partial charge in [0, 0.05) is 20.9 Å². The van der Waals surface area contributed by atoms with Gasteiger partial charge in [0.05, 0.1) is 0 Å². The van der Waals surface area contributed by atoms with E-state index in [9.17, 15) is 14.7 Å². The fraction of sp³-hybridized carbons (Fsp3) is 0.100. The number of carbonyl (C=O) groups is 2. The second-order valence-corrected chi connectivity index (χ2v) is 7.70. The summed E-state index contributed by atoms with van der Waals surface area (Å²) in [4.78, 5) is 24.2. The van der Waals surface area contributed by atoms with Crippen LogP contribution in [0.5, 0.6) is 0 Å². The third-order valence-electron chi connectivity index (χ3n) is 4.03. The maximum absolute atomic E-state index is 12.5. The number of carboxylic acids is 1. The Bertz CT molecular complexity index is 962. The highest BCUT2D eigenvalue weighted by atomic mass is 79.9. The van der Waals surface area contributed by atoms with Gasteiger partial charge in [0.25, 0.3) is 5.91 Å². The number of amides is 1. The SMILES string of the molecule is O=C(N[C@@H](Cc1cccc2ccccc12)C(=O)O)c1cc(Br)cc(Br)c1. The van der Waals surface area contributed by atoms with E-state index in [1.54, 1.807) is 12.1 Å². The van der Waals surface area contributed by atoms with E-state index in [1.165, 1.54) is 0 Å². The number of aliphatic carboxylic acids is 1. The fourth-order valence-electron chi connectivity index (χ4n) is 2.82. The second kappa shape index (κ2) is 8.01. The molecular formula is C20H15Br2NO3. The smallest absolute Gasteiger partial charge is 0.326 e. The lowest BCUT2D eigenvalue weighted by atomic mass is 9.98. The topological polar surface area (TPSA) is 66.4 Å². The van der Waals surface area contributed by atoms with E-state index in [-0.39, 0.29) is 6.42 Å². The monoisotopic (exact) mass is 475 g/mol. The Hall–Kier alpha value is -2.18. The van der Waals surface area contributed by atoms with Crippen molar-refractivity contribution in [1.29, 1.82) is 0 Å². The normalized spacial score (nSPS) is 11.9. The van der Waals surface area contributed by atoms with E-state index < -0.39 is 17.9 Å². The van der Waals surface area contributed by atoms with Crippen molar-refractivity contribution in [2.75, 3.05) is 0 Å². The number of carboxylic acid groups (broad SMARTS) is 1. The molecule has 0 heterocycles. The number of benzene rings is 3. The summed E-state index contributed by atoms with van der Waals surface area (Å²) in [5.41, 5.74) is 1.27. The molecule has 0 aliphatic heterocycles. The van der Waals surface area contributed by atoms with Gasteiger partial charge in [-0.3, -0.25) is 4.79 Å². The van der Waals surface area contributed by atoms with Gasteiger partial charge in [-0.15, -0.1) is 0 Å². The average Bonchev–Trinajstić information content (AvgIpc) is 2.60. The molecule has 0 bridgehead atoms. The number of halogens is 2. The number of fused-ring (bicyclic) bond motifs is 1. The van der Waals surface area contributed by atoms with Crippen LogP contribution in [0.15, 0.2) is 69.6 Å². The molecular weight excluding hydrogens is 462 g/mol. The number of nitrogens with one attached hydrogen (secondary N) is 1. The predicted molar refractivity (Wildman–Crippen MR) is 108 cm³/mol. The van der Waals surface area contributed by atoms with E-state index in [4.69, 9.17) is 0 Å². The van der Waals surface area contributed by atoms with Crippen molar-refractivity contribution in [3.63, 3.8) is 0 Å². The van der Waals surface area contributed by atoms with Crippen LogP contribution >= 0.6 is 31.9 Å². The van der Waals surface area contributed by atoms with Gasteiger partial charge >= 0.3 is 5.97 Å². The van der Waals surface area contributed by atoms with Gasteiger partial charge in [-0.05, 0) is 34.5 Å². The van der Waals surface area contributed by atoms with Gasteiger partial charge < -0.3 is 10.4 Å². The summed E-state index contributed by atoms with van der Waals surface area (Å²) in [7, 11) is 0. The van der Waals surface area contributed by atoms with Crippen LogP contribution < -0.4 is 5.32 Å². The minimum atomic E-state index is -1.07. The van der Waals surface area contributed by atoms with Crippen LogP contribution in [0.1, 0.15) is 15.9 Å². The zero-order valence-corrected chi connectivity index (χ0v) is 16.7. The third-order valence-corrected chi connectivity index (χ3v) is 4.95. The lowest BCUT2D eigenvalue weighted by Gasteiger charge is -2.16. The molecule has 6 heteroatoms. The number of rotatable bonds is 5. The van der Waals surface area contributed by atoms with Crippen LogP contribution in [0.3, 0.4) is 0 Å². The van der Waals surface area contributed by atoms with E-state index >= 15 is 0 Å². The van der Waals surface area contributed by atoms with Gasteiger partial charge in [0.1, 0.15) is 6.04 Å². The maximum atomic E-state index is 12.5. The van der Waals surface area contributed by atoms with Gasteiger partial charge in [-0.2, -0.15) is 0 Å². The quantitative estimate of drug-likeness (QED) is 0.556. The van der Waals surface area contributed by atoms with E-state index in [2.05, 4.69) is 37.2 Å². The van der Waals surface area contributed by atoms with E-state index in [0.29, 0.717) is 5.56 Å². The molecule has 3 aromatic carbocycles. The number of hydrogen-bond acceptors (Lipinski definition) is 2. The van der Waals surface area contributed by atoms with Gasteiger partial charge in [-0.25, -0.2) is 4.79 Å². The fourth-order valence-corrected chi connectivity index (χ4v) is 4.11. The standard InChI is InChI=1S/C20H15Br2NO3/c21-15-8-14(9-16(22)11-15)19(24)23-18(20(25)26)10-13-6-3-5-12-4-1-2-7-17(12)13/h1-9,11,18H,10H2,(H,23,24)(H,25,26)/t18-/m0/s1. The summed E-state index contributed by atoms with van der Waals surface area (Å²) in [5, 5.41) is 14.2. The summed E-state index contributed by atoms with van der Waals surface area (Å²) in [6, 6.07) is 17.6. The molecule has 0 spiro atoms. The summed E-state index contributed by atoms with van der Waals surface area (Å²) in [5.74, 6) is -1.50. The van der Waals surface area contributed by atoms with Crippen LogP contribution in [-0.2, 0) is 11.2 Å². The number of hydrogen-bond donors (Lipinski definition) is 2. The Kier molecular flexibility index (Phi) is 5.74. The van der Waals surface area contributed by atoms with Gasteiger partial charge in [0.2, 0.25) is 0 Å². The Morgan fingerprint density at radius 1 is 0.962 bits per heavy atom. The molecule has 0 radical (unpaired) electrons. The molecule has 0 aliphatic rings. The predicted octanol–water partition coefficient (Wildman–Crippen LogP) is 4.79. The molecule has 132 valence electrons. The Balaban J connectivity index is 1.85. The molecule has 1 atom stereocenters. The first-order chi connectivity index (χ1) is 12.4. The van der Waals surface area contributed by atoms with Crippen molar-refractivity contribution in [3.8, 4) is 0 Å². The van der Waals surface area contributed by atoms with Gasteiger partial charge in [0.15, 0.2) is 0 Å². The zero-order chi connectivity index (χ0) is 18.7. The van der Waals surface area contributed by atoms with Crippen LogP contribution in [0, 0.1) is 0 Å². The molecule has 2 N–H and O–H groups in total. The summed E-state index contributed by atoms with van der Waals surface area (Å²) < 4.78 is 1.47. The Labute approximate surface area is 167 Å². The highest BCUT2D eigenvalue weighted by Gasteiger charge is 2.22. The van der Waals surface area contributed by atoms with E-state index in [1.807, 2.05) is 48.5 Å². The average molecular weight is 477 g/mol. The second-order valence-electron chi connectivity index (χ2n) is 5.86. The first kappa shape index (κ1) is 18.6. The Morgan fingerprint density at radius 3 is 2.31 bits per heavy atom. The molecule has 0 fully saturated rings. The summed E-state index contributed by atoms with van der Waals surface area (Å²) in [6.45, 7) is 0. The highest BCUT2D eigenvalue weighted by molar-refractivity contribution is 9.11. The van der Waals surface area contributed by atoms with Crippen LogP contribution in [-0.4, -0.2) is 23.0 Å². The molecule has 0 aromatic heterocycles. The first-order valence-corrected chi connectivity index (χ1v) is 9.49. The Morgan fingerprint density at radius 2 is 1.62 bits per heavy atom. The molecule has 0 unspecified atom stereocenters. The molecule has 0 saturated carbocycles. The van der Waals surface area contributed by atoms with Crippen molar-refractivity contribution in [2.45, 2.75) is 12.5 Å². The van der Waals surface area contributed by atoms with Crippen molar-refractivity contribution >= 4 is 54.5 Å².